The molecular weight excluding hydrogens is 336 g/mol. The van der Waals surface area contributed by atoms with Crippen molar-refractivity contribution in [1.29, 1.82) is 0 Å². The van der Waals surface area contributed by atoms with Crippen LogP contribution in [0, 0.1) is 11.8 Å². The molecule has 0 unspecified atom stereocenters. The average Bonchev–Trinajstić information content (AvgIpc) is 3.46. The number of nitrogens with zero attached hydrogens (tertiary/aromatic N) is 4. The van der Waals surface area contributed by atoms with Crippen LogP contribution in [0.1, 0.15) is 36.9 Å². The Kier molecular flexibility index (Phi) is 5.11. The Morgan fingerprint density at radius 3 is 2.23 bits per heavy atom. The van der Waals surface area contributed by atoms with E-state index in [2.05, 4.69) is 5.10 Å². The molecule has 8 heteroatoms. The number of carboxylic acid groups (broad SMARTS) is 1. The molecule has 1 N–H and O–H groups in total. The fourth-order valence-corrected chi connectivity index (χ4v) is 2.81. The highest BCUT2D eigenvalue weighted by Gasteiger charge is 2.28. The summed E-state index contributed by atoms with van der Waals surface area (Å²) in [6.45, 7) is 0.911. The molecule has 0 spiro atoms. The zero-order chi connectivity index (χ0) is 18.8. The molecular formula is C18H24N4O4. The lowest BCUT2D eigenvalue weighted by atomic mass is 10.2. The largest absolute Gasteiger partial charge is 0.478 e. The van der Waals surface area contributed by atoms with E-state index in [0.29, 0.717) is 30.6 Å². The van der Waals surface area contributed by atoms with Crippen molar-refractivity contribution in [2.75, 3.05) is 14.1 Å². The molecule has 0 atom stereocenters. The minimum atomic E-state index is -1.14. The highest BCUT2D eigenvalue weighted by Crippen LogP contribution is 2.31. The van der Waals surface area contributed by atoms with E-state index in [1.165, 1.54) is 16.9 Å². The van der Waals surface area contributed by atoms with Gasteiger partial charge in [0.1, 0.15) is 0 Å². The van der Waals surface area contributed by atoms with Gasteiger partial charge in [-0.25, -0.2) is 9.59 Å². The van der Waals surface area contributed by atoms with Crippen molar-refractivity contribution >= 4 is 18.3 Å². The molecule has 0 saturated heterocycles. The summed E-state index contributed by atoms with van der Waals surface area (Å²) in [5.74, 6) is -0.372. The van der Waals surface area contributed by atoms with E-state index in [9.17, 15) is 14.4 Å². The molecule has 0 aliphatic heterocycles. The second kappa shape index (κ2) is 7.31. The second-order valence-corrected chi connectivity index (χ2v) is 7.26. The van der Waals surface area contributed by atoms with Crippen LogP contribution in [-0.4, -0.2) is 45.5 Å². The summed E-state index contributed by atoms with van der Waals surface area (Å²) in [5, 5.41) is 14.7. The standard InChI is InChI=1S/C18H24N4O4/c1-20(2)19-9-15-14(7-8-16(23)24)17(25)22(11-13-5-6-13)18(26)21(15)10-12-3-4-12/h7-9,12-13H,3-6,10-11H2,1-2H3,(H,23,24)/b8-7+,19-9+. The number of hydrogen-bond donors (Lipinski definition) is 1. The average molecular weight is 360 g/mol. The Hall–Kier alpha value is -2.64. The van der Waals surface area contributed by atoms with E-state index in [1.54, 1.807) is 23.7 Å². The van der Waals surface area contributed by atoms with Crippen LogP contribution in [0.2, 0.25) is 0 Å². The number of carboxylic acids is 1. The Morgan fingerprint density at radius 2 is 1.73 bits per heavy atom. The van der Waals surface area contributed by atoms with E-state index in [1.807, 2.05) is 0 Å². The molecule has 0 amide bonds. The minimum absolute atomic E-state index is 0.193. The summed E-state index contributed by atoms with van der Waals surface area (Å²) in [6, 6.07) is 0. The molecule has 26 heavy (non-hydrogen) atoms. The number of carbonyl (C=O) groups is 1. The smallest absolute Gasteiger partial charge is 0.331 e. The van der Waals surface area contributed by atoms with E-state index in [0.717, 1.165) is 31.8 Å². The molecule has 0 radical (unpaired) electrons. The summed E-state index contributed by atoms with van der Waals surface area (Å²) in [7, 11) is 3.47. The molecule has 1 aromatic rings. The second-order valence-electron chi connectivity index (χ2n) is 7.26. The van der Waals surface area contributed by atoms with Crippen LogP contribution in [0.25, 0.3) is 6.08 Å². The molecule has 2 saturated carbocycles. The van der Waals surface area contributed by atoms with Crippen LogP contribution in [0.3, 0.4) is 0 Å². The highest BCUT2D eigenvalue weighted by molar-refractivity contribution is 5.89. The maximum Gasteiger partial charge on any atom is 0.331 e. The quantitative estimate of drug-likeness (QED) is 0.421. The fourth-order valence-electron chi connectivity index (χ4n) is 2.81. The third-order valence-corrected chi connectivity index (χ3v) is 4.58. The van der Waals surface area contributed by atoms with Crippen LogP contribution in [-0.2, 0) is 17.9 Å². The molecule has 1 aromatic heterocycles. The summed E-state index contributed by atoms with van der Waals surface area (Å²) in [5.41, 5.74) is -0.225. The van der Waals surface area contributed by atoms with Crippen molar-refractivity contribution in [3.05, 3.63) is 38.2 Å². The molecule has 8 nitrogen and oxygen atoms in total. The number of hydrogen-bond acceptors (Lipinski definition) is 5. The molecule has 1 heterocycles. The predicted molar refractivity (Wildman–Crippen MR) is 98.4 cm³/mol. The predicted octanol–water partition coefficient (Wildman–Crippen LogP) is 0.823. The van der Waals surface area contributed by atoms with Crippen molar-refractivity contribution in [1.82, 2.24) is 14.1 Å². The van der Waals surface area contributed by atoms with E-state index in [-0.39, 0.29) is 11.3 Å². The topological polar surface area (TPSA) is 96.9 Å². The van der Waals surface area contributed by atoms with Crippen LogP contribution in [0.4, 0.5) is 0 Å². The first kappa shape index (κ1) is 18.2. The van der Waals surface area contributed by atoms with E-state index >= 15 is 0 Å². The van der Waals surface area contributed by atoms with Gasteiger partial charge in [0.05, 0.1) is 17.5 Å². The maximum atomic E-state index is 13.0. The number of aliphatic carboxylic acids is 1. The Morgan fingerprint density at radius 1 is 1.15 bits per heavy atom. The van der Waals surface area contributed by atoms with Gasteiger partial charge in [0, 0.05) is 33.3 Å². The molecule has 0 aromatic carbocycles. The summed E-state index contributed by atoms with van der Waals surface area (Å²) in [6.07, 6.45) is 7.80. The molecule has 2 aliphatic carbocycles. The van der Waals surface area contributed by atoms with Gasteiger partial charge in [-0.05, 0) is 43.6 Å². The van der Waals surface area contributed by atoms with Crippen molar-refractivity contribution in [2.45, 2.75) is 38.8 Å². The van der Waals surface area contributed by atoms with Crippen molar-refractivity contribution in [3.63, 3.8) is 0 Å². The normalized spacial score (nSPS) is 17.3. The van der Waals surface area contributed by atoms with Gasteiger partial charge in [-0.15, -0.1) is 0 Å². The van der Waals surface area contributed by atoms with Crippen molar-refractivity contribution in [3.8, 4) is 0 Å². The fraction of sp³-hybridized carbons (Fsp3) is 0.556. The van der Waals surface area contributed by atoms with Gasteiger partial charge in [0.25, 0.3) is 5.56 Å². The van der Waals surface area contributed by atoms with Gasteiger partial charge in [-0.3, -0.25) is 13.9 Å². The lowest BCUT2D eigenvalue weighted by molar-refractivity contribution is -0.131. The van der Waals surface area contributed by atoms with Gasteiger partial charge in [0.2, 0.25) is 0 Å². The SMILES string of the molecule is CN(C)/N=C/c1c(/C=C/C(=O)O)c(=O)n(CC2CC2)c(=O)n1CC1CC1. The molecule has 0 bridgehead atoms. The molecule has 3 rings (SSSR count). The third-order valence-electron chi connectivity index (χ3n) is 4.58. The first-order valence-electron chi connectivity index (χ1n) is 8.86. The molecule has 2 fully saturated rings. The van der Waals surface area contributed by atoms with Gasteiger partial charge in [-0.2, -0.15) is 5.10 Å². The van der Waals surface area contributed by atoms with Gasteiger partial charge in [-0.1, -0.05) is 0 Å². The summed E-state index contributed by atoms with van der Waals surface area (Å²) in [4.78, 5) is 36.9. The molecule has 140 valence electrons. The maximum absolute atomic E-state index is 13.0. The Bertz CT molecular complexity index is 870. The number of rotatable bonds is 8. The van der Waals surface area contributed by atoms with Crippen LogP contribution >= 0.6 is 0 Å². The van der Waals surface area contributed by atoms with Gasteiger partial charge < -0.3 is 10.1 Å². The summed E-state index contributed by atoms with van der Waals surface area (Å²) >= 11 is 0. The molecule has 2 aliphatic rings. The Balaban J connectivity index is 2.20. The van der Waals surface area contributed by atoms with Gasteiger partial charge >= 0.3 is 11.7 Å². The zero-order valence-corrected chi connectivity index (χ0v) is 15.1. The zero-order valence-electron chi connectivity index (χ0n) is 15.1. The third kappa shape index (κ3) is 4.30. The van der Waals surface area contributed by atoms with Crippen LogP contribution in [0.5, 0.6) is 0 Å². The first-order valence-corrected chi connectivity index (χ1v) is 8.86. The van der Waals surface area contributed by atoms with Crippen LogP contribution < -0.4 is 11.2 Å². The van der Waals surface area contributed by atoms with Gasteiger partial charge in [0.15, 0.2) is 0 Å². The minimum Gasteiger partial charge on any atom is -0.478 e. The lowest BCUT2D eigenvalue weighted by Gasteiger charge is -2.16. The van der Waals surface area contributed by atoms with E-state index < -0.39 is 11.5 Å². The van der Waals surface area contributed by atoms with Crippen molar-refractivity contribution < 1.29 is 9.90 Å². The summed E-state index contributed by atoms with van der Waals surface area (Å²) < 4.78 is 2.84. The lowest BCUT2D eigenvalue weighted by Crippen LogP contribution is -2.43. The number of hydrazone groups is 1. The van der Waals surface area contributed by atoms with E-state index in [4.69, 9.17) is 5.11 Å². The monoisotopic (exact) mass is 360 g/mol. The van der Waals surface area contributed by atoms with Crippen molar-refractivity contribution in [2.24, 2.45) is 16.9 Å². The highest BCUT2D eigenvalue weighted by atomic mass is 16.4. The Labute approximate surface area is 151 Å². The first-order chi connectivity index (χ1) is 12.4. The van der Waals surface area contributed by atoms with Crippen LogP contribution in [0.15, 0.2) is 20.8 Å². The number of aromatic nitrogens is 2.